The van der Waals surface area contributed by atoms with Crippen LogP contribution in [-0.4, -0.2) is 41.4 Å². The zero-order chi connectivity index (χ0) is 16.2. The van der Waals surface area contributed by atoms with E-state index < -0.39 is 24.8 Å². The second kappa shape index (κ2) is 6.95. The van der Waals surface area contributed by atoms with E-state index in [1.165, 1.54) is 18.3 Å². The number of hydrogen-bond donors (Lipinski definition) is 2. The number of carbonyl (C=O) groups is 1. The number of alkyl halides is 3. The van der Waals surface area contributed by atoms with Gasteiger partial charge in [0.05, 0.1) is 6.10 Å². The van der Waals surface area contributed by atoms with E-state index in [1.54, 1.807) is 0 Å². The molecule has 2 atom stereocenters. The molecule has 1 saturated carbocycles. The molecule has 0 aromatic carbocycles. The van der Waals surface area contributed by atoms with Gasteiger partial charge in [-0.1, -0.05) is 6.42 Å². The molecule has 1 heterocycles. The SMILES string of the molecule is O=C(NCC1CCCC1O)c1cccnc1OCC(F)(F)F. The van der Waals surface area contributed by atoms with Crippen molar-refractivity contribution in [1.82, 2.24) is 10.3 Å². The van der Waals surface area contributed by atoms with Gasteiger partial charge in [0.2, 0.25) is 5.88 Å². The Balaban J connectivity index is 1.96. The third-order valence-electron chi connectivity index (χ3n) is 3.53. The lowest BCUT2D eigenvalue weighted by molar-refractivity contribution is -0.154. The summed E-state index contributed by atoms with van der Waals surface area (Å²) in [6, 6.07) is 2.79. The van der Waals surface area contributed by atoms with Crippen LogP contribution in [0.4, 0.5) is 13.2 Å². The molecule has 0 aliphatic heterocycles. The first kappa shape index (κ1) is 16.5. The van der Waals surface area contributed by atoms with E-state index in [4.69, 9.17) is 0 Å². The molecule has 1 aliphatic rings. The molecule has 1 aromatic heterocycles. The van der Waals surface area contributed by atoms with Crippen molar-refractivity contribution in [1.29, 1.82) is 0 Å². The molecule has 2 N–H and O–H groups in total. The average Bonchev–Trinajstić information content (AvgIpc) is 2.87. The van der Waals surface area contributed by atoms with Crippen LogP contribution in [0.2, 0.25) is 0 Å². The van der Waals surface area contributed by atoms with Crippen molar-refractivity contribution in [2.75, 3.05) is 13.2 Å². The predicted molar refractivity (Wildman–Crippen MR) is 71.5 cm³/mol. The van der Waals surface area contributed by atoms with Gasteiger partial charge >= 0.3 is 6.18 Å². The van der Waals surface area contributed by atoms with Gasteiger partial charge in [-0.05, 0) is 25.0 Å². The highest BCUT2D eigenvalue weighted by Gasteiger charge is 2.30. The molecule has 22 heavy (non-hydrogen) atoms. The second-order valence-corrected chi connectivity index (χ2v) is 5.23. The number of rotatable bonds is 5. The van der Waals surface area contributed by atoms with Crippen molar-refractivity contribution in [3.63, 3.8) is 0 Å². The molecule has 5 nitrogen and oxygen atoms in total. The molecule has 1 aliphatic carbocycles. The molecule has 2 rings (SSSR count). The number of nitrogens with zero attached hydrogens (tertiary/aromatic N) is 1. The van der Waals surface area contributed by atoms with Gasteiger partial charge in [-0.2, -0.15) is 13.2 Å². The first-order valence-electron chi connectivity index (χ1n) is 6.97. The maximum absolute atomic E-state index is 12.2. The Bertz CT molecular complexity index is 522. The third-order valence-corrected chi connectivity index (χ3v) is 3.53. The zero-order valence-electron chi connectivity index (χ0n) is 11.8. The van der Waals surface area contributed by atoms with Crippen molar-refractivity contribution >= 4 is 5.91 Å². The quantitative estimate of drug-likeness (QED) is 0.870. The lowest BCUT2D eigenvalue weighted by atomic mass is 10.1. The summed E-state index contributed by atoms with van der Waals surface area (Å²) in [7, 11) is 0. The number of halogens is 3. The first-order valence-corrected chi connectivity index (χ1v) is 6.97. The predicted octanol–water partition coefficient (Wildman–Crippen LogP) is 1.91. The van der Waals surface area contributed by atoms with Crippen molar-refractivity contribution in [2.24, 2.45) is 5.92 Å². The summed E-state index contributed by atoms with van der Waals surface area (Å²) in [6.45, 7) is -1.24. The van der Waals surface area contributed by atoms with Gasteiger partial charge in [-0.3, -0.25) is 4.79 Å². The smallest absolute Gasteiger partial charge is 0.422 e. The summed E-state index contributed by atoms with van der Waals surface area (Å²) in [5.41, 5.74) is -0.0563. The standard InChI is InChI=1S/C14H17F3N2O3/c15-14(16,17)8-22-13-10(4-2-6-18-13)12(21)19-7-9-3-1-5-11(9)20/h2,4,6,9,11,20H,1,3,5,7-8H2,(H,19,21). The van der Waals surface area contributed by atoms with E-state index in [2.05, 4.69) is 15.0 Å². The Labute approximate surface area is 125 Å². The lowest BCUT2D eigenvalue weighted by Gasteiger charge is -2.16. The Kier molecular flexibility index (Phi) is 5.23. The Morgan fingerprint density at radius 3 is 2.86 bits per heavy atom. The van der Waals surface area contributed by atoms with Gasteiger partial charge in [0, 0.05) is 18.7 Å². The van der Waals surface area contributed by atoms with Gasteiger partial charge in [0.1, 0.15) is 5.56 Å². The van der Waals surface area contributed by atoms with Crippen molar-refractivity contribution in [3.05, 3.63) is 23.9 Å². The third kappa shape index (κ3) is 4.59. The highest BCUT2D eigenvalue weighted by molar-refractivity contribution is 5.96. The number of carbonyl (C=O) groups excluding carboxylic acids is 1. The number of pyridine rings is 1. The van der Waals surface area contributed by atoms with E-state index in [0.717, 1.165) is 12.8 Å². The van der Waals surface area contributed by atoms with Crippen LogP contribution in [0.15, 0.2) is 18.3 Å². The summed E-state index contributed by atoms with van der Waals surface area (Å²) < 4.78 is 41.1. The van der Waals surface area contributed by atoms with Gasteiger partial charge in [-0.15, -0.1) is 0 Å². The average molecular weight is 318 g/mol. The number of nitrogens with one attached hydrogen (secondary N) is 1. The monoisotopic (exact) mass is 318 g/mol. The summed E-state index contributed by atoms with van der Waals surface area (Å²) in [5, 5.41) is 12.3. The van der Waals surface area contributed by atoms with Crippen LogP contribution < -0.4 is 10.1 Å². The molecule has 0 spiro atoms. The van der Waals surface area contributed by atoms with E-state index in [-0.39, 0.29) is 23.9 Å². The minimum absolute atomic E-state index is 0.0276. The number of aromatic nitrogens is 1. The molecule has 0 saturated heterocycles. The number of amides is 1. The maximum Gasteiger partial charge on any atom is 0.422 e. The second-order valence-electron chi connectivity index (χ2n) is 5.23. The highest BCUT2D eigenvalue weighted by Crippen LogP contribution is 2.25. The normalized spacial score (nSPS) is 21.6. The van der Waals surface area contributed by atoms with Gasteiger partial charge in [0.25, 0.3) is 5.91 Å². The number of hydrogen-bond acceptors (Lipinski definition) is 4. The van der Waals surface area contributed by atoms with Gasteiger partial charge in [-0.25, -0.2) is 4.98 Å². The van der Waals surface area contributed by atoms with Crippen molar-refractivity contribution in [2.45, 2.75) is 31.5 Å². The summed E-state index contributed by atoms with van der Waals surface area (Å²) in [4.78, 5) is 15.7. The molecule has 0 radical (unpaired) electrons. The fourth-order valence-corrected chi connectivity index (χ4v) is 2.40. The van der Waals surface area contributed by atoms with Gasteiger partial charge < -0.3 is 15.2 Å². The Morgan fingerprint density at radius 1 is 1.45 bits per heavy atom. The topological polar surface area (TPSA) is 71.5 Å². The van der Waals surface area contributed by atoms with E-state index in [1.807, 2.05) is 0 Å². The van der Waals surface area contributed by atoms with Crippen LogP contribution in [0.25, 0.3) is 0 Å². The van der Waals surface area contributed by atoms with Crippen LogP contribution >= 0.6 is 0 Å². The van der Waals surface area contributed by atoms with E-state index >= 15 is 0 Å². The summed E-state index contributed by atoms with van der Waals surface area (Å²) >= 11 is 0. The molecule has 0 bridgehead atoms. The van der Waals surface area contributed by atoms with Crippen LogP contribution in [-0.2, 0) is 0 Å². The first-order chi connectivity index (χ1) is 10.4. The van der Waals surface area contributed by atoms with Crippen LogP contribution in [0, 0.1) is 5.92 Å². The van der Waals surface area contributed by atoms with E-state index in [0.29, 0.717) is 6.42 Å². The molecule has 122 valence electrons. The van der Waals surface area contributed by atoms with Crippen LogP contribution in [0.3, 0.4) is 0 Å². The molecule has 1 amide bonds. The van der Waals surface area contributed by atoms with Gasteiger partial charge in [0.15, 0.2) is 6.61 Å². The Morgan fingerprint density at radius 2 is 2.23 bits per heavy atom. The number of ether oxygens (including phenoxy) is 1. The molecule has 8 heteroatoms. The van der Waals surface area contributed by atoms with Crippen LogP contribution in [0.5, 0.6) is 5.88 Å². The maximum atomic E-state index is 12.2. The minimum Gasteiger partial charge on any atom is -0.467 e. The molecule has 1 fully saturated rings. The fourth-order valence-electron chi connectivity index (χ4n) is 2.40. The molecule has 1 aromatic rings. The highest BCUT2D eigenvalue weighted by atomic mass is 19.4. The summed E-state index contributed by atoms with van der Waals surface area (Å²) in [5.74, 6) is -0.950. The summed E-state index contributed by atoms with van der Waals surface area (Å²) in [6.07, 6.45) is -1.29. The number of aliphatic hydroxyl groups is 1. The van der Waals surface area contributed by atoms with E-state index in [9.17, 15) is 23.1 Å². The van der Waals surface area contributed by atoms with Crippen molar-refractivity contribution in [3.8, 4) is 5.88 Å². The molecular formula is C14H17F3N2O3. The zero-order valence-corrected chi connectivity index (χ0v) is 11.8. The minimum atomic E-state index is -4.50. The van der Waals surface area contributed by atoms with Crippen LogP contribution in [0.1, 0.15) is 29.6 Å². The molecular weight excluding hydrogens is 301 g/mol. The largest absolute Gasteiger partial charge is 0.467 e. The number of aliphatic hydroxyl groups excluding tert-OH is 1. The Hall–Kier alpha value is -1.83. The lowest BCUT2D eigenvalue weighted by Crippen LogP contribution is -2.33. The van der Waals surface area contributed by atoms with Crippen molar-refractivity contribution < 1.29 is 27.8 Å². The fraction of sp³-hybridized carbons (Fsp3) is 0.571. The molecule has 2 unspecified atom stereocenters.